The van der Waals surface area contributed by atoms with Gasteiger partial charge < -0.3 is 10.0 Å². The van der Waals surface area contributed by atoms with Gasteiger partial charge in [-0.15, -0.1) is 0 Å². The van der Waals surface area contributed by atoms with E-state index >= 15 is 0 Å². The maximum absolute atomic E-state index is 12.6. The third-order valence-electron chi connectivity index (χ3n) is 4.57. The molecule has 1 aliphatic heterocycles. The molecule has 7 heteroatoms. The predicted octanol–water partition coefficient (Wildman–Crippen LogP) is 3.05. The molecule has 0 aromatic heterocycles. The first-order chi connectivity index (χ1) is 13.1. The number of phenolic OH excluding ortho intramolecular Hbond substituents is 1. The van der Waals surface area contributed by atoms with E-state index in [0.29, 0.717) is 42.1 Å². The van der Waals surface area contributed by atoms with Gasteiger partial charge >= 0.3 is 0 Å². The number of benzene rings is 2. The third kappa shape index (κ3) is 4.65. The molecule has 0 aliphatic carbocycles. The normalized spacial score (nSPS) is 15.1. The lowest BCUT2D eigenvalue weighted by Gasteiger charge is -2.31. The van der Waals surface area contributed by atoms with Crippen LogP contribution in [0.15, 0.2) is 53.6 Å². The van der Waals surface area contributed by atoms with Crippen molar-refractivity contribution in [2.24, 2.45) is 11.0 Å². The summed E-state index contributed by atoms with van der Waals surface area (Å²) in [5, 5.41) is 14.0. The number of carbonyl (C=O) groups excluding carboxylic acids is 2. The molecule has 0 bridgehead atoms. The van der Waals surface area contributed by atoms with Crippen LogP contribution < -0.4 is 5.43 Å². The van der Waals surface area contributed by atoms with Crippen molar-refractivity contribution in [3.63, 3.8) is 0 Å². The van der Waals surface area contributed by atoms with Crippen LogP contribution in [0.3, 0.4) is 0 Å². The Kier molecular flexibility index (Phi) is 6.08. The van der Waals surface area contributed by atoms with Gasteiger partial charge in [0, 0.05) is 24.6 Å². The van der Waals surface area contributed by atoms with Crippen LogP contribution in [-0.4, -0.2) is 41.1 Å². The second-order valence-corrected chi connectivity index (χ2v) is 6.75. The standard InChI is InChI=1S/C20H20ClN3O3/c21-17-7-3-2-6-16(17)20(27)24-11-9-14(10-12-24)19(26)23-22-13-15-5-1-4-8-18(15)25/h1-8,13-14,25H,9-12H2,(H,23,26)/b22-13-. The van der Waals surface area contributed by atoms with Crippen LogP contribution in [0.25, 0.3) is 0 Å². The van der Waals surface area contributed by atoms with Crippen LogP contribution in [0.4, 0.5) is 0 Å². The summed E-state index contributed by atoms with van der Waals surface area (Å²) < 4.78 is 0. The molecule has 6 nitrogen and oxygen atoms in total. The lowest BCUT2D eigenvalue weighted by molar-refractivity contribution is -0.126. The highest BCUT2D eigenvalue weighted by atomic mass is 35.5. The average molecular weight is 386 g/mol. The quantitative estimate of drug-likeness (QED) is 0.626. The summed E-state index contributed by atoms with van der Waals surface area (Å²) >= 11 is 6.09. The number of phenols is 1. The SMILES string of the molecule is O=C(N/N=C\c1ccccc1O)C1CCN(C(=O)c2ccccc2Cl)CC1. The molecule has 140 valence electrons. The van der Waals surface area contributed by atoms with E-state index in [1.807, 2.05) is 0 Å². The fourth-order valence-electron chi connectivity index (χ4n) is 3.00. The van der Waals surface area contributed by atoms with Crippen molar-refractivity contribution in [3.8, 4) is 5.75 Å². The van der Waals surface area contributed by atoms with E-state index in [0.717, 1.165) is 0 Å². The minimum Gasteiger partial charge on any atom is -0.507 e. The van der Waals surface area contributed by atoms with Crippen LogP contribution in [0.1, 0.15) is 28.8 Å². The van der Waals surface area contributed by atoms with E-state index in [9.17, 15) is 14.7 Å². The fraction of sp³-hybridized carbons (Fsp3) is 0.250. The number of hydrogen-bond acceptors (Lipinski definition) is 4. The van der Waals surface area contributed by atoms with E-state index in [4.69, 9.17) is 11.6 Å². The largest absolute Gasteiger partial charge is 0.507 e. The molecule has 1 heterocycles. The zero-order valence-electron chi connectivity index (χ0n) is 14.6. The van der Waals surface area contributed by atoms with E-state index in [-0.39, 0.29) is 23.5 Å². The Morgan fingerprint density at radius 2 is 1.78 bits per heavy atom. The molecule has 2 amide bonds. The number of halogens is 1. The fourth-order valence-corrected chi connectivity index (χ4v) is 3.22. The van der Waals surface area contributed by atoms with Crippen molar-refractivity contribution in [1.82, 2.24) is 10.3 Å². The van der Waals surface area contributed by atoms with Crippen LogP contribution in [0.2, 0.25) is 5.02 Å². The van der Waals surface area contributed by atoms with E-state index in [1.165, 1.54) is 6.21 Å². The number of aromatic hydroxyl groups is 1. The maximum Gasteiger partial charge on any atom is 0.255 e. The first-order valence-corrected chi connectivity index (χ1v) is 9.09. The average Bonchev–Trinajstić information content (AvgIpc) is 2.69. The first-order valence-electron chi connectivity index (χ1n) is 8.71. The molecule has 2 N–H and O–H groups in total. The Bertz CT molecular complexity index is 861. The van der Waals surface area contributed by atoms with Gasteiger partial charge in [0.1, 0.15) is 5.75 Å². The Morgan fingerprint density at radius 3 is 2.48 bits per heavy atom. The van der Waals surface area contributed by atoms with Gasteiger partial charge in [-0.3, -0.25) is 9.59 Å². The summed E-state index contributed by atoms with van der Waals surface area (Å²) in [6.07, 6.45) is 2.53. The van der Waals surface area contributed by atoms with E-state index in [1.54, 1.807) is 53.4 Å². The van der Waals surface area contributed by atoms with Crippen molar-refractivity contribution >= 4 is 29.6 Å². The van der Waals surface area contributed by atoms with Crippen molar-refractivity contribution in [1.29, 1.82) is 0 Å². The van der Waals surface area contributed by atoms with Crippen molar-refractivity contribution in [3.05, 3.63) is 64.7 Å². The molecule has 2 aromatic rings. The summed E-state index contributed by atoms with van der Waals surface area (Å²) in [4.78, 5) is 26.5. The Hall–Kier alpha value is -2.86. The topological polar surface area (TPSA) is 82.0 Å². The molecule has 1 aliphatic rings. The molecule has 27 heavy (non-hydrogen) atoms. The first kappa shape index (κ1) is 18.9. The van der Waals surface area contributed by atoms with E-state index in [2.05, 4.69) is 10.5 Å². The van der Waals surface area contributed by atoms with Gasteiger partial charge in [-0.1, -0.05) is 35.9 Å². The molecule has 3 rings (SSSR count). The lowest BCUT2D eigenvalue weighted by Crippen LogP contribution is -2.42. The van der Waals surface area contributed by atoms with Crippen molar-refractivity contribution in [2.75, 3.05) is 13.1 Å². The number of piperidine rings is 1. The number of para-hydroxylation sites is 1. The van der Waals surface area contributed by atoms with Crippen molar-refractivity contribution in [2.45, 2.75) is 12.8 Å². The number of nitrogens with one attached hydrogen (secondary N) is 1. The number of likely N-dealkylation sites (tertiary alicyclic amines) is 1. The van der Waals surface area contributed by atoms with Gasteiger partial charge in [-0.05, 0) is 37.1 Å². The van der Waals surface area contributed by atoms with Crippen LogP contribution >= 0.6 is 11.6 Å². The molecular formula is C20H20ClN3O3. The highest BCUT2D eigenvalue weighted by molar-refractivity contribution is 6.33. The summed E-state index contributed by atoms with van der Waals surface area (Å²) in [6, 6.07) is 13.7. The second kappa shape index (κ2) is 8.68. The van der Waals surface area contributed by atoms with Crippen molar-refractivity contribution < 1.29 is 14.7 Å². The predicted molar refractivity (Wildman–Crippen MR) is 104 cm³/mol. The van der Waals surface area contributed by atoms with Gasteiger partial charge in [0.25, 0.3) is 5.91 Å². The van der Waals surface area contributed by atoms with Crippen LogP contribution in [0.5, 0.6) is 5.75 Å². The Labute approximate surface area is 162 Å². The molecule has 0 radical (unpaired) electrons. The Balaban J connectivity index is 1.51. The summed E-state index contributed by atoms with van der Waals surface area (Å²) in [5.41, 5.74) is 3.51. The zero-order valence-corrected chi connectivity index (χ0v) is 15.4. The number of nitrogens with zero attached hydrogens (tertiary/aromatic N) is 2. The highest BCUT2D eigenvalue weighted by Crippen LogP contribution is 2.22. The molecule has 0 saturated carbocycles. The molecular weight excluding hydrogens is 366 g/mol. The zero-order chi connectivity index (χ0) is 19.2. The molecule has 0 atom stereocenters. The monoisotopic (exact) mass is 385 g/mol. The molecule has 1 fully saturated rings. The maximum atomic E-state index is 12.6. The second-order valence-electron chi connectivity index (χ2n) is 6.34. The molecule has 1 saturated heterocycles. The number of hydrazone groups is 1. The summed E-state index contributed by atoms with van der Waals surface area (Å²) in [6.45, 7) is 0.983. The minimum atomic E-state index is -0.207. The highest BCUT2D eigenvalue weighted by Gasteiger charge is 2.28. The summed E-state index contributed by atoms with van der Waals surface area (Å²) in [5.74, 6) is -0.410. The van der Waals surface area contributed by atoms with Gasteiger partial charge in [-0.2, -0.15) is 5.10 Å². The molecule has 2 aromatic carbocycles. The van der Waals surface area contributed by atoms with Crippen LogP contribution in [-0.2, 0) is 4.79 Å². The number of carbonyl (C=O) groups is 2. The smallest absolute Gasteiger partial charge is 0.255 e. The minimum absolute atomic E-state index is 0.0990. The Morgan fingerprint density at radius 1 is 1.11 bits per heavy atom. The summed E-state index contributed by atoms with van der Waals surface area (Å²) in [7, 11) is 0. The van der Waals surface area contributed by atoms with Crippen LogP contribution in [0, 0.1) is 5.92 Å². The number of rotatable bonds is 4. The van der Waals surface area contributed by atoms with Gasteiger partial charge in [-0.25, -0.2) is 5.43 Å². The van der Waals surface area contributed by atoms with Gasteiger partial charge in [0.05, 0.1) is 16.8 Å². The molecule has 0 unspecified atom stereocenters. The molecule has 0 spiro atoms. The third-order valence-corrected chi connectivity index (χ3v) is 4.90. The van der Waals surface area contributed by atoms with E-state index < -0.39 is 0 Å². The lowest BCUT2D eigenvalue weighted by atomic mass is 9.95. The number of amides is 2. The van der Waals surface area contributed by atoms with Gasteiger partial charge in [0.2, 0.25) is 5.91 Å². The van der Waals surface area contributed by atoms with Gasteiger partial charge in [0.15, 0.2) is 0 Å². The number of hydrogen-bond donors (Lipinski definition) is 2.